The number of benzene rings is 1. The zero-order valence-corrected chi connectivity index (χ0v) is 14.4. The van der Waals surface area contributed by atoms with E-state index in [1.165, 1.54) is 11.1 Å². The van der Waals surface area contributed by atoms with Crippen LogP contribution in [0.4, 0.5) is 0 Å². The number of carbonyl (C=O) groups is 1. The first-order chi connectivity index (χ1) is 11.7. The number of amides is 1. The second-order valence-electron chi connectivity index (χ2n) is 6.86. The molecule has 0 spiro atoms. The molecule has 126 valence electrons. The molecule has 2 aromatic rings. The van der Waals surface area contributed by atoms with Gasteiger partial charge in [0, 0.05) is 25.4 Å². The summed E-state index contributed by atoms with van der Waals surface area (Å²) in [5.41, 5.74) is 2.57. The van der Waals surface area contributed by atoms with E-state index in [1.54, 1.807) is 0 Å². The summed E-state index contributed by atoms with van der Waals surface area (Å²) in [6.07, 6.45) is 8.55. The van der Waals surface area contributed by atoms with Gasteiger partial charge in [0.2, 0.25) is 5.91 Å². The molecule has 3 heteroatoms. The average Bonchev–Trinajstić information content (AvgIpc) is 3.11. The molecule has 1 aromatic carbocycles. The maximum Gasteiger partial charge on any atom is 0.223 e. The van der Waals surface area contributed by atoms with Crippen molar-refractivity contribution in [3.63, 3.8) is 0 Å². The predicted molar refractivity (Wildman–Crippen MR) is 96.5 cm³/mol. The average molecular weight is 322 g/mol. The Kier molecular flexibility index (Phi) is 5.63. The van der Waals surface area contributed by atoms with Crippen molar-refractivity contribution in [2.24, 2.45) is 5.92 Å². The highest BCUT2D eigenvalue weighted by Gasteiger charge is 2.30. The van der Waals surface area contributed by atoms with Crippen LogP contribution in [0.5, 0.6) is 0 Å². The lowest BCUT2D eigenvalue weighted by Crippen LogP contribution is -2.31. The number of likely N-dealkylation sites (tertiary alicyclic amines) is 1. The Morgan fingerprint density at radius 3 is 2.71 bits per heavy atom. The summed E-state index contributed by atoms with van der Waals surface area (Å²) in [6, 6.07) is 14.8. The third kappa shape index (κ3) is 4.22. The fourth-order valence-electron chi connectivity index (χ4n) is 3.57. The number of pyridine rings is 1. The number of hydrogen-bond donors (Lipinski definition) is 0. The van der Waals surface area contributed by atoms with Crippen LogP contribution in [0.3, 0.4) is 0 Å². The smallest absolute Gasteiger partial charge is 0.223 e. The number of aryl methyl sites for hydroxylation is 1. The van der Waals surface area contributed by atoms with Crippen molar-refractivity contribution in [2.75, 3.05) is 6.54 Å². The first-order valence-corrected chi connectivity index (χ1v) is 8.97. The minimum atomic E-state index is 0.238. The Bertz CT molecular complexity index is 641. The molecule has 1 aliphatic heterocycles. The van der Waals surface area contributed by atoms with Crippen LogP contribution in [0, 0.1) is 5.92 Å². The molecule has 1 saturated heterocycles. The molecule has 2 atom stereocenters. The predicted octanol–water partition coefficient (Wildman–Crippen LogP) is 4.40. The van der Waals surface area contributed by atoms with Gasteiger partial charge in [-0.15, -0.1) is 0 Å². The lowest BCUT2D eigenvalue weighted by molar-refractivity contribution is -0.133. The Morgan fingerprint density at radius 2 is 1.96 bits per heavy atom. The summed E-state index contributed by atoms with van der Waals surface area (Å²) in [5, 5.41) is 0. The fourth-order valence-corrected chi connectivity index (χ4v) is 3.57. The van der Waals surface area contributed by atoms with Gasteiger partial charge in [0.05, 0.1) is 6.04 Å². The van der Waals surface area contributed by atoms with E-state index < -0.39 is 0 Å². The molecule has 0 unspecified atom stereocenters. The highest BCUT2D eigenvalue weighted by atomic mass is 16.2. The molecule has 3 nitrogen and oxygen atoms in total. The topological polar surface area (TPSA) is 33.2 Å². The molecule has 3 rings (SSSR count). The quantitative estimate of drug-likeness (QED) is 0.789. The van der Waals surface area contributed by atoms with E-state index in [2.05, 4.69) is 41.1 Å². The standard InChI is InChI=1S/C21H26N2O/c1-17(9-10-18-6-3-2-4-7-18)16-21(24)23-15-5-8-20(23)19-11-13-22-14-12-19/h2-4,6-7,11-14,17,20H,5,8-10,15-16H2,1H3/t17-,20-/m0/s1. The second-order valence-corrected chi connectivity index (χ2v) is 6.86. The molecule has 1 aliphatic rings. The molecular weight excluding hydrogens is 296 g/mol. The van der Waals surface area contributed by atoms with Crippen LogP contribution in [0.1, 0.15) is 49.8 Å². The Labute approximate surface area is 144 Å². The van der Waals surface area contributed by atoms with Crippen molar-refractivity contribution in [1.82, 2.24) is 9.88 Å². The van der Waals surface area contributed by atoms with Crippen molar-refractivity contribution >= 4 is 5.91 Å². The fraction of sp³-hybridized carbons (Fsp3) is 0.429. The molecule has 0 N–H and O–H groups in total. The van der Waals surface area contributed by atoms with E-state index in [-0.39, 0.29) is 6.04 Å². The zero-order chi connectivity index (χ0) is 16.8. The third-order valence-electron chi connectivity index (χ3n) is 4.96. The van der Waals surface area contributed by atoms with E-state index >= 15 is 0 Å². The van der Waals surface area contributed by atoms with Crippen LogP contribution < -0.4 is 0 Å². The molecular formula is C21H26N2O. The molecule has 0 saturated carbocycles. The van der Waals surface area contributed by atoms with Crippen molar-refractivity contribution < 1.29 is 4.79 Å². The number of rotatable bonds is 6. The van der Waals surface area contributed by atoms with E-state index in [4.69, 9.17) is 0 Å². The molecule has 1 fully saturated rings. The summed E-state index contributed by atoms with van der Waals surface area (Å²) in [6.45, 7) is 3.08. The second kappa shape index (κ2) is 8.09. The minimum Gasteiger partial charge on any atom is -0.336 e. The first kappa shape index (κ1) is 16.7. The normalized spacial score (nSPS) is 18.5. The highest BCUT2D eigenvalue weighted by Crippen LogP contribution is 2.32. The van der Waals surface area contributed by atoms with Crippen LogP contribution >= 0.6 is 0 Å². The van der Waals surface area contributed by atoms with Crippen molar-refractivity contribution in [1.29, 1.82) is 0 Å². The van der Waals surface area contributed by atoms with Gasteiger partial charge in [-0.2, -0.15) is 0 Å². The molecule has 0 bridgehead atoms. The maximum atomic E-state index is 12.8. The highest BCUT2D eigenvalue weighted by molar-refractivity contribution is 5.77. The van der Waals surface area contributed by atoms with Gasteiger partial charge in [0.25, 0.3) is 0 Å². The summed E-state index contributed by atoms with van der Waals surface area (Å²) >= 11 is 0. The van der Waals surface area contributed by atoms with Gasteiger partial charge in [0.1, 0.15) is 0 Å². The molecule has 0 radical (unpaired) electrons. The van der Waals surface area contributed by atoms with Gasteiger partial charge in [-0.3, -0.25) is 9.78 Å². The van der Waals surface area contributed by atoms with Crippen LogP contribution in [0.25, 0.3) is 0 Å². The molecule has 1 amide bonds. The van der Waals surface area contributed by atoms with Gasteiger partial charge in [-0.05, 0) is 54.9 Å². The van der Waals surface area contributed by atoms with Gasteiger partial charge < -0.3 is 4.90 Å². The van der Waals surface area contributed by atoms with Gasteiger partial charge in [0.15, 0.2) is 0 Å². The molecule has 0 aliphatic carbocycles. The zero-order valence-electron chi connectivity index (χ0n) is 14.4. The number of nitrogens with zero attached hydrogens (tertiary/aromatic N) is 2. The monoisotopic (exact) mass is 322 g/mol. The molecule has 2 heterocycles. The summed E-state index contributed by atoms with van der Waals surface area (Å²) in [7, 11) is 0. The summed E-state index contributed by atoms with van der Waals surface area (Å²) in [5.74, 6) is 0.714. The number of hydrogen-bond acceptors (Lipinski definition) is 2. The van der Waals surface area contributed by atoms with Crippen molar-refractivity contribution in [2.45, 2.75) is 45.1 Å². The first-order valence-electron chi connectivity index (χ1n) is 8.97. The van der Waals surface area contributed by atoms with E-state index in [0.29, 0.717) is 18.2 Å². The van der Waals surface area contributed by atoms with Gasteiger partial charge in [-0.1, -0.05) is 37.3 Å². The number of carbonyl (C=O) groups excluding carboxylic acids is 1. The van der Waals surface area contributed by atoms with Gasteiger partial charge >= 0.3 is 0 Å². The van der Waals surface area contributed by atoms with E-state index in [9.17, 15) is 4.79 Å². The molecule has 24 heavy (non-hydrogen) atoms. The summed E-state index contributed by atoms with van der Waals surface area (Å²) < 4.78 is 0. The van der Waals surface area contributed by atoms with Crippen LogP contribution in [0.15, 0.2) is 54.9 Å². The minimum absolute atomic E-state index is 0.238. The Balaban J connectivity index is 1.54. The van der Waals surface area contributed by atoms with Crippen molar-refractivity contribution in [3.05, 3.63) is 66.0 Å². The SMILES string of the molecule is C[C@@H](CCc1ccccc1)CC(=O)N1CCC[C@H]1c1ccncc1. The van der Waals surface area contributed by atoms with Crippen molar-refractivity contribution in [3.8, 4) is 0 Å². The largest absolute Gasteiger partial charge is 0.336 e. The third-order valence-corrected chi connectivity index (χ3v) is 4.96. The lowest BCUT2D eigenvalue weighted by Gasteiger charge is -2.26. The number of aromatic nitrogens is 1. The van der Waals surface area contributed by atoms with E-state index in [1.807, 2.05) is 30.6 Å². The lowest BCUT2D eigenvalue weighted by atomic mass is 9.97. The van der Waals surface area contributed by atoms with Gasteiger partial charge in [-0.25, -0.2) is 0 Å². The Hall–Kier alpha value is -2.16. The molecule has 1 aromatic heterocycles. The Morgan fingerprint density at radius 1 is 1.21 bits per heavy atom. The van der Waals surface area contributed by atoms with Crippen LogP contribution in [-0.2, 0) is 11.2 Å². The van der Waals surface area contributed by atoms with Crippen LogP contribution in [0.2, 0.25) is 0 Å². The van der Waals surface area contributed by atoms with Crippen LogP contribution in [-0.4, -0.2) is 22.3 Å². The summed E-state index contributed by atoms with van der Waals surface area (Å²) in [4.78, 5) is 18.9. The van der Waals surface area contributed by atoms with E-state index in [0.717, 1.165) is 32.2 Å². The maximum absolute atomic E-state index is 12.8.